The smallest absolute Gasteiger partial charge is 0.323 e. The first kappa shape index (κ1) is 14.3. The third-order valence-electron chi connectivity index (χ3n) is 2.40. The van der Waals surface area contributed by atoms with E-state index in [4.69, 9.17) is 20.3 Å². The molecule has 0 bridgehead atoms. The van der Waals surface area contributed by atoms with Gasteiger partial charge in [0.15, 0.2) is 0 Å². The average molecular weight is 219 g/mol. The number of ether oxygens (including phenoxy) is 2. The zero-order valence-electron chi connectivity index (χ0n) is 9.49. The molecule has 1 unspecified atom stereocenters. The van der Waals surface area contributed by atoms with Gasteiger partial charge in [-0.1, -0.05) is 6.92 Å². The highest BCUT2D eigenvalue weighted by Crippen LogP contribution is 2.14. The molecular formula is C10H21NO4. The van der Waals surface area contributed by atoms with Crippen LogP contribution in [0.2, 0.25) is 0 Å². The van der Waals surface area contributed by atoms with Crippen molar-refractivity contribution >= 4 is 5.97 Å². The molecular weight excluding hydrogens is 198 g/mol. The second kappa shape index (κ2) is 7.62. The molecule has 0 amide bonds. The average Bonchev–Trinajstić information content (AvgIpc) is 2.22. The molecule has 0 radical (unpaired) electrons. The molecule has 0 fully saturated rings. The Morgan fingerprint density at radius 1 is 1.40 bits per heavy atom. The summed E-state index contributed by atoms with van der Waals surface area (Å²) in [7, 11) is 1.61. The largest absolute Gasteiger partial charge is 0.480 e. The van der Waals surface area contributed by atoms with Crippen LogP contribution in [0.1, 0.15) is 26.2 Å². The molecule has 0 aromatic heterocycles. The molecule has 0 aliphatic carbocycles. The number of nitrogens with two attached hydrogens (primary N) is 1. The summed E-state index contributed by atoms with van der Waals surface area (Å²) in [6.45, 7) is 3.39. The Morgan fingerprint density at radius 3 is 2.53 bits per heavy atom. The Bertz CT molecular complexity index is 186. The summed E-state index contributed by atoms with van der Waals surface area (Å²) in [5.74, 6) is -0.943. The quantitative estimate of drug-likeness (QED) is 0.556. The molecule has 0 aromatic carbocycles. The van der Waals surface area contributed by atoms with E-state index in [0.717, 1.165) is 0 Å². The van der Waals surface area contributed by atoms with Gasteiger partial charge in [-0.05, 0) is 19.3 Å². The Kier molecular flexibility index (Phi) is 7.29. The Labute approximate surface area is 90.5 Å². The summed E-state index contributed by atoms with van der Waals surface area (Å²) in [6, 6.07) is 0. The number of carboxylic acids is 1. The maximum absolute atomic E-state index is 10.8. The SMILES string of the molecule is CCC(N)(CCCOCCOC)C(=O)O. The minimum atomic E-state index is -1.11. The summed E-state index contributed by atoms with van der Waals surface area (Å²) in [5, 5.41) is 8.89. The van der Waals surface area contributed by atoms with Gasteiger partial charge in [0.1, 0.15) is 5.54 Å². The van der Waals surface area contributed by atoms with Crippen LogP contribution in [0.3, 0.4) is 0 Å². The van der Waals surface area contributed by atoms with Crippen molar-refractivity contribution in [1.29, 1.82) is 0 Å². The summed E-state index contributed by atoms with van der Waals surface area (Å²) in [5.41, 5.74) is 4.59. The number of rotatable bonds is 9. The van der Waals surface area contributed by atoms with Gasteiger partial charge in [0.2, 0.25) is 0 Å². The van der Waals surface area contributed by atoms with Crippen LogP contribution in [-0.4, -0.2) is 43.5 Å². The molecule has 1 atom stereocenters. The molecule has 15 heavy (non-hydrogen) atoms. The van der Waals surface area contributed by atoms with Crippen molar-refractivity contribution in [3.63, 3.8) is 0 Å². The fraction of sp³-hybridized carbons (Fsp3) is 0.900. The highest BCUT2D eigenvalue weighted by Gasteiger charge is 2.30. The van der Waals surface area contributed by atoms with Crippen LogP contribution in [0.4, 0.5) is 0 Å². The van der Waals surface area contributed by atoms with Crippen molar-refractivity contribution in [2.45, 2.75) is 31.7 Å². The number of carboxylic acid groups (broad SMARTS) is 1. The Balaban J connectivity index is 3.60. The topological polar surface area (TPSA) is 81.8 Å². The van der Waals surface area contributed by atoms with Crippen molar-refractivity contribution in [1.82, 2.24) is 0 Å². The monoisotopic (exact) mass is 219 g/mol. The van der Waals surface area contributed by atoms with Crippen LogP contribution in [0, 0.1) is 0 Å². The minimum Gasteiger partial charge on any atom is -0.480 e. The number of methoxy groups -OCH3 is 1. The van der Waals surface area contributed by atoms with Crippen LogP contribution in [-0.2, 0) is 14.3 Å². The van der Waals surface area contributed by atoms with Crippen molar-refractivity contribution < 1.29 is 19.4 Å². The van der Waals surface area contributed by atoms with E-state index < -0.39 is 11.5 Å². The maximum atomic E-state index is 10.8. The van der Waals surface area contributed by atoms with Gasteiger partial charge >= 0.3 is 5.97 Å². The molecule has 0 rings (SSSR count). The van der Waals surface area contributed by atoms with Gasteiger partial charge in [0, 0.05) is 13.7 Å². The number of aliphatic carboxylic acids is 1. The van der Waals surface area contributed by atoms with Gasteiger partial charge in [-0.3, -0.25) is 4.79 Å². The molecule has 0 saturated carbocycles. The predicted octanol–water partition coefficient (Wildman–Crippen LogP) is 0.622. The van der Waals surface area contributed by atoms with Gasteiger partial charge in [-0.25, -0.2) is 0 Å². The molecule has 0 aromatic rings. The fourth-order valence-corrected chi connectivity index (χ4v) is 1.17. The van der Waals surface area contributed by atoms with E-state index in [0.29, 0.717) is 39.1 Å². The minimum absolute atomic E-state index is 0.431. The summed E-state index contributed by atoms with van der Waals surface area (Å²) < 4.78 is 10.0. The van der Waals surface area contributed by atoms with Crippen LogP contribution >= 0.6 is 0 Å². The van der Waals surface area contributed by atoms with E-state index in [2.05, 4.69) is 0 Å². The van der Waals surface area contributed by atoms with Crippen LogP contribution < -0.4 is 5.73 Å². The molecule has 0 aliphatic rings. The number of hydrogen-bond acceptors (Lipinski definition) is 4. The number of carbonyl (C=O) groups is 1. The number of hydrogen-bond donors (Lipinski definition) is 2. The van der Waals surface area contributed by atoms with Crippen molar-refractivity contribution in [3.8, 4) is 0 Å². The molecule has 0 saturated heterocycles. The van der Waals surface area contributed by atoms with E-state index in [1.54, 1.807) is 14.0 Å². The fourth-order valence-electron chi connectivity index (χ4n) is 1.17. The first-order valence-corrected chi connectivity index (χ1v) is 5.15. The first-order chi connectivity index (χ1) is 7.06. The third kappa shape index (κ3) is 5.71. The lowest BCUT2D eigenvalue weighted by Crippen LogP contribution is -2.47. The van der Waals surface area contributed by atoms with E-state index in [-0.39, 0.29) is 0 Å². The van der Waals surface area contributed by atoms with Gasteiger partial charge in [-0.15, -0.1) is 0 Å². The molecule has 0 aliphatic heterocycles. The zero-order chi connectivity index (χ0) is 11.7. The predicted molar refractivity (Wildman–Crippen MR) is 56.8 cm³/mol. The zero-order valence-corrected chi connectivity index (χ0v) is 9.49. The normalized spacial score (nSPS) is 14.9. The molecule has 5 nitrogen and oxygen atoms in total. The summed E-state index contributed by atoms with van der Waals surface area (Å²) >= 11 is 0. The lowest BCUT2D eigenvalue weighted by atomic mass is 9.92. The van der Waals surface area contributed by atoms with Crippen LogP contribution in [0.15, 0.2) is 0 Å². The third-order valence-corrected chi connectivity index (χ3v) is 2.40. The van der Waals surface area contributed by atoms with Crippen molar-refractivity contribution in [2.75, 3.05) is 26.9 Å². The molecule has 90 valence electrons. The second-order valence-corrected chi connectivity index (χ2v) is 3.52. The van der Waals surface area contributed by atoms with Gasteiger partial charge in [0.05, 0.1) is 13.2 Å². The standard InChI is InChI=1S/C10H21NO4/c1-3-10(11,9(12)13)5-4-6-15-8-7-14-2/h3-8,11H2,1-2H3,(H,12,13). The Hall–Kier alpha value is -0.650. The van der Waals surface area contributed by atoms with Gasteiger partial charge in [0.25, 0.3) is 0 Å². The van der Waals surface area contributed by atoms with E-state index in [1.165, 1.54) is 0 Å². The molecule has 0 spiro atoms. The van der Waals surface area contributed by atoms with Crippen LogP contribution in [0.5, 0.6) is 0 Å². The highest BCUT2D eigenvalue weighted by molar-refractivity contribution is 5.78. The maximum Gasteiger partial charge on any atom is 0.323 e. The van der Waals surface area contributed by atoms with Crippen LogP contribution in [0.25, 0.3) is 0 Å². The van der Waals surface area contributed by atoms with E-state index >= 15 is 0 Å². The van der Waals surface area contributed by atoms with Crippen molar-refractivity contribution in [3.05, 3.63) is 0 Å². The lowest BCUT2D eigenvalue weighted by Gasteiger charge is -2.22. The molecule has 0 heterocycles. The van der Waals surface area contributed by atoms with Gasteiger partial charge in [-0.2, -0.15) is 0 Å². The summed E-state index contributed by atoms with van der Waals surface area (Å²) in [4.78, 5) is 10.8. The first-order valence-electron chi connectivity index (χ1n) is 5.15. The van der Waals surface area contributed by atoms with E-state index in [1.807, 2.05) is 0 Å². The Morgan fingerprint density at radius 2 is 2.07 bits per heavy atom. The lowest BCUT2D eigenvalue weighted by molar-refractivity contribution is -0.143. The van der Waals surface area contributed by atoms with Gasteiger partial charge < -0.3 is 20.3 Å². The molecule has 5 heteroatoms. The van der Waals surface area contributed by atoms with Crippen molar-refractivity contribution in [2.24, 2.45) is 5.73 Å². The molecule has 3 N–H and O–H groups in total. The second-order valence-electron chi connectivity index (χ2n) is 3.52. The van der Waals surface area contributed by atoms with E-state index in [9.17, 15) is 4.79 Å². The summed E-state index contributed by atoms with van der Waals surface area (Å²) in [6.07, 6.45) is 1.52. The highest BCUT2D eigenvalue weighted by atomic mass is 16.5.